The van der Waals surface area contributed by atoms with Crippen molar-refractivity contribution < 1.29 is 13.2 Å². The fraction of sp³-hybridized carbons (Fsp3) is 0.636. The molecule has 1 aromatic rings. The number of ether oxygens (including phenoxy) is 1. The van der Waals surface area contributed by atoms with Gasteiger partial charge in [-0.3, -0.25) is 0 Å². The van der Waals surface area contributed by atoms with Crippen LogP contribution in [0.25, 0.3) is 0 Å². The van der Waals surface area contributed by atoms with E-state index in [-0.39, 0.29) is 12.1 Å². The monoisotopic (exact) mass is 273 g/mol. The van der Waals surface area contributed by atoms with E-state index in [1.165, 1.54) is 11.3 Å². The van der Waals surface area contributed by atoms with Crippen LogP contribution in [0, 0.1) is 5.92 Å². The van der Waals surface area contributed by atoms with Crippen LogP contribution >= 0.6 is 11.3 Å². The maximum absolute atomic E-state index is 12.4. The largest absolute Gasteiger partial charge is 0.379 e. The number of sulfonamides is 1. The summed E-state index contributed by atoms with van der Waals surface area (Å²) in [5.74, 6) is 0.375. The molecule has 2 aliphatic rings. The highest BCUT2D eigenvalue weighted by Crippen LogP contribution is 2.42. The molecule has 3 atom stereocenters. The Hall–Kier alpha value is -0.430. The van der Waals surface area contributed by atoms with Crippen molar-refractivity contribution in [2.45, 2.75) is 29.2 Å². The summed E-state index contributed by atoms with van der Waals surface area (Å²) in [6.07, 6.45) is 2.10. The first kappa shape index (κ1) is 11.6. The molecule has 4 nitrogen and oxygen atoms in total. The molecule has 0 unspecified atom stereocenters. The summed E-state index contributed by atoms with van der Waals surface area (Å²) in [7, 11) is -1.62. The highest BCUT2D eigenvalue weighted by atomic mass is 32.2. The van der Waals surface area contributed by atoms with Gasteiger partial charge in [0.1, 0.15) is 4.21 Å². The SMILES string of the molecule is CO[C@H]1[C@H]2CC[C@H]1N(S(=O)(=O)c1cccs1)C2. The quantitative estimate of drug-likeness (QED) is 0.839. The minimum Gasteiger partial charge on any atom is -0.379 e. The molecule has 0 aromatic carbocycles. The first-order valence-electron chi connectivity index (χ1n) is 5.72. The Morgan fingerprint density at radius 1 is 1.47 bits per heavy atom. The van der Waals surface area contributed by atoms with Gasteiger partial charge in [0.05, 0.1) is 12.1 Å². The molecule has 0 spiro atoms. The van der Waals surface area contributed by atoms with Gasteiger partial charge in [0.25, 0.3) is 10.0 Å². The Morgan fingerprint density at radius 3 is 2.88 bits per heavy atom. The fourth-order valence-corrected chi connectivity index (χ4v) is 5.89. The van der Waals surface area contributed by atoms with Crippen LogP contribution in [0.5, 0.6) is 0 Å². The second-order valence-electron chi connectivity index (χ2n) is 4.61. The van der Waals surface area contributed by atoms with Crippen molar-refractivity contribution in [3.63, 3.8) is 0 Å². The minimum absolute atomic E-state index is 0.0390. The van der Waals surface area contributed by atoms with Crippen LogP contribution in [0.3, 0.4) is 0 Å². The highest BCUT2D eigenvalue weighted by Gasteiger charge is 2.51. The van der Waals surface area contributed by atoms with Crippen LogP contribution < -0.4 is 0 Å². The van der Waals surface area contributed by atoms with Crippen molar-refractivity contribution in [1.29, 1.82) is 0 Å². The van der Waals surface area contributed by atoms with Gasteiger partial charge in [0.2, 0.25) is 0 Å². The summed E-state index contributed by atoms with van der Waals surface area (Å²) in [6.45, 7) is 0.614. The van der Waals surface area contributed by atoms with Crippen LogP contribution in [-0.4, -0.2) is 38.5 Å². The molecule has 0 amide bonds. The van der Waals surface area contributed by atoms with Crippen molar-refractivity contribution in [3.05, 3.63) is 17.5 Å². The van der Waals surface area contributed by atoms with Crippen LogP contribution in [-0.2, 0) is 14.8 Å². The van der Waals surface area contributed by atoms with Gasteiger partial charge in [-0.25, -0.2) is 8.42 Å². The molecule has 1 saturated carbocycles. The molecule has 1 aliphatic heterocycles. The second-order valence-corrected chi connectivity index (χ2v) is 7.68. The second kappa shape index (κ2) is 4.05. The standard InChI is InChI=1S/C11H15NO3S2/c1-15-11-8-4-5-9(11)12(7-8)17(13,14)10-3-2-6-16-10/h2-3,6,8-9,11H,4-5,7H2,1H3/t8-,9+,11-/m0/s1. The fourth-order valence-electron chi connectivity index (χ4n) is 3.05. The number of fused-ring (bicyclic) bond motifs is 2. The molecule has 6 heteroatoms. The average molecular weight is 273 g/mol. The first-order chi connectivity index (χ1) is 8.14. The van der Waals surface area contributed by atoms with E-state index < -0.39 is 10.0 Å². The molecular weight excluding hydrogens is 258 g/mol. The molecule has 0 N–H and O–H groups in total. The van der Waals surface area contributed by atoms with Crippen molar-refractivity contribution in [2.75, 3.05) is 13.7 Å². The summed E-state index contributed by atoms with van der Waals surface area (Å²) >= 11 is 1.28. The summed E-state index contributed by atoms with van der Waals surface area (Å²) < 4.78 is 32.4. The zero-order chi connectivity index (χ0) is 12.0. The number of hydrogen-bond donors (Lipinski definition) is 0. The third-order valence-corrected chi connectivity index (χ3v) is 7.06. The van der Waals surface area contributed by atoms with Gasteiger partial charge >= 0.3 is 0 Å². The van der Waals surface area contributed by atoms with E-state index >= 15 is 0 Å². The molecule has 1 aliphatic carbocycles. The molecule has 0 radical (unpaired) electrons. The number of nitrogens with zero attached hydrogens (tertiary/aromatic N) is 1. The molecule has 17 heavy (non-hydrogen) atoms. The van der Waals surface area contributed by atoms with Crippen molar-refractivity contribution in [3.8, 4) is 0 Å². The molecule has 2 heterocycles. The predicted molar refractivity (Wildman–Crippen MR) is 65.5 cm³/mol. The van der Waals surface area contributed by atoms with Gasteiger partial charge in [0, 0.05) is 19.6 Å². The lowest BCUT2D eigenvalue weighted by molar-refractivity contribution is 0.0786. The van der Waals surface area contributed by atoms with Gasteiger partial charge in [-0.15, -0.1) is 11.3 Å². The van der Waals surface area contributed by atoms with Crippen molar-refractivity contribution in [2.24, 2.45) is 5.92 Å². The molecule has 1 aromatic heterocycles. The van der Waals surface area contributed by atoms with Crippen molar-refractivity contribution in [1.82, 2.24) is 4.31 Å². The van der Waals surface area contributed by atoms with Gasteiger partial charge in [-0.05, 0) is 24.3 Å². The van der Waals surface area contributed by atoms with Gasteiger partial charge in [-0.2, -0.15) is 4.31 Å². The van der Waals surface area contributed by atoms with Crippen LogP contribution in [0.1, 0.15) is 12.8 Å². The average Bonchev–Trinajstić information content (AvgIpc) is 3.04. The van der Waals surface area contributed by atoms with E-state index in [4.69, 9.17) is 4.74 Å². The first-order valence-corrected chi connectivity index (χ1v) is 8.04. The number of methoxy groups -OCH3 is 1. The summed E-state index contributed by atoms with van der Waals surface area (Å²) in [5.41, 5.74) is 0. The Labute approximate surface area is 105 Å². The van der Waals surface area contributed by atoms with Gasteiger partial charge in [0.15, 0.2) is 0 Å². The maximum atomic E-state index is 12.4. The third kappa shape index (κ3) is 1.66. The Bertz CT molecular complexity index is 497. The summed E-state index contributed by atoms with van der Waals surface area (Å²) in [5, 5.41) is 1.80. The molecule has 3 rings (SSSR count). The van der Waals surface area contributed by atoms with Gasteiger partial charge < -0.3 is 4.74 Å². The molecule has 1 saturated heterocycles. The molecule has 94 valence electrons. The van der Waals surface area contributed by atoms with E-state index in [0.717, 1.165) is 12.8 Å². The lowest BCUT2D eigenvalue weighted by atomic mass is 10.1. The zero-order valence-corrected chi connectivity index (χ0v) is 11.2. The van der Waals surface area contributed by atoms with E-state index in [0.29, 0.717) is 16.7 Å². The minimum atomic E-state index is -3.30. The third-order valence-electron chi connectivity index (χ3n) is 3.79. The number of thiophene rings is 1. The summed E-state index contributed by atoms with van der Waals surface area (Å²) in [6, 6.07) is 3.49. The van der Waals surface area contributed by atoms with E-state index in [1.807, 2.05) is 0 Å². The Kier molecular flexibility index (Phi) is 2.77. The Morgan fingerprint density at radius 2 is 2.29 bits per heavy atom. The topological polar surface area (TPSA) is 46.6 Å². The number of hydrogen-bond acceptors (Lipinski definition) is 4. The molecule has 2 fully saturated rings. The zero-order valence-electron chi connectivity index (χ0n) is 9.57. The van der Waals surface area contributed by atoms with Crippen LogP contribution in [0.15, 0.2) is 21.7 Å². The highest BCUT2D eigenvalue weighted by molar-refractivity contribution is 7.91. The molecule has 2 bridgehead atoms. The number of piperidine rings is 1. The lowest BCUT2D eigenvalue weighted by Gasteiger charge is -2.25. The predicted octanol–water partition coefficient (Wildman–Crippen LogP) is 1.55. The lowest BCUT2D eigenvalue weighted by Crippen LogP contribution is -2.39. The van der Waals surface area contributed by atoms with E-state index in [9.17, 15) is 8.42 Å². The normalized spacial score (nSPS) is 33.4. The summed E-state index contributed by atoms with van der Waals surface area (Å²) in [4.78, 5) is 0. The Balaban J connectivity index is 1.93. The van der Waals surface area contributed by atoms with E-state index in [1.54, 1.807) is 28.9 Å². The maximum Gasteiger partial charge on any atom is 0.252 e. The smallest absolute Gasteiger partial charge is 0.252 e. The van der Waals surface area contributed by atoms with Crippen LogP contribution in [0.2, 0.25) is 0 Å². The molecular formula is C11H15NO3S2. The van der Waals surface area contributed by atoms with Crippen LogP contribution in [0.4, 0.5) is 0 Å². The number of rotatable bonds is 3. The van der Waals surface area contributed by atoms with E-state index in [2.05, 4.69) is 0 Å². The van der Waals surface area contributed by atoms with Gasteiger partial charge in [-0.1, -0.05) is 6.07 Å². The van der Waals surface area contributed by atoms with Crippen molar-refractivity contribution >= 4 is 21.4 Å².